The number of nitrogens with one attached hydrogen (secondary N) is 2. The van der Waals surface area contributed by atoms with E-state index in [4.69, 9.17) is 9.84 Å². The molecule has 0 unspecified atom stereocenters. The van der Waals surface area contributed by atoms with E-state index in [1.165, 1.54) is 0 Å². The van der Waals surface area contributed by atoms with Gasteiger partial charge in [-0.3, -0.25) is 4.79 Å². The van der Waals surface area contributed by atoms with Gasteiger partial charge in [0.1, 0.15) is 0 Å². The number of carbonyl (C=O) groups excluding carboxylic acids is 2. The van der Waals surface area contributed by atoms with Gasteiger partial charge in [-0.15, -0.1) is 0 Å². The molecule has 0 fully saturated rings. The topological polar surface area (TPSA) is 87.7 Å². The Morgan fingerprint density at radius 3 is 2.53 bits per heavy atom. The monoisotopic (exact) mass is 266 g/mol. The van der Waals surface area contributed by atoms with Crippen LogP contribution in [0.3, 0.4) is 0 Å². The van der Waals surface area contributed by atoms with Crippen LogP contribution in [0.15, 0.2) is 24.3 Å². The summed E-state index contributed by atoms with van der Waals surface area (Å²) in [6.07, 6.45) is 0. The molecule has 1 rings (SSSR count). The molecule has 0 aliphatic rings. The van der Waals surface area contributed by atoms with Gasteiger partial charge in [-0.1, -0.05) is 0 Å². The molecule has 3 N–H and O–H groups in total. The lowest BCUT2D eigenvalue weighted by molar-refractivity contribution is -0.115. The molecule has 0 saturated heterocycles. The van der Waals surface area contributed by atoms with Crippen LogP contribution >= 0.6 is 0 Å². The zero-order valence-corrected chi connectivity index (χ0v) is 10.8. The summed E-state index contributed by atoms with van der Waals surface area (Å²) in [6, 6.07) is 6.45. The van der Waals surface area contributed by atoms with Crippen molar-refractivity contribution in [3.05, 3.63) is 29.8 Å². The standard InChI is InChI=1S/C13H18N2O4/c1-2-19-13(18)10-3-5-11(6-4-10)15-12(17)9-14-7-8-16/h3-6,14,16H,2,7-9H2,1H3,(H,15,17). The third-order valence-corrected chi connectivity index (χ3v) is 2.25. The van der Waals surface area contributed by atoms with Crippen molar-refractivity contribution in [3.8, 4) is 0 Å². The molecule has 1 aromatic carbocycles. The van der Waals surface area contributed by atoms with Crippen LogP contribution < -0.4 is 10.6 Å². The van der Waals surface area contributed by atoms with Gasteiger partial charge in [0, 0.05) is 12.2 Å². The van der Waals surface area contributed by atoms with Crippen molar-refractivity contribution in [1.29, 1.82) is 0 Å². The number of hydrogen-bond acceptors (Lipinski definition) is 5. The minimum atomic E-state index is -0.384. The van der Waals surface area contributed by atoms with Crippen molar-refractivity contribution in [3.63, 3.8) is 0 Å². The molecule has 0 aromatic heterocycles. The molecular weight excluding hydrogens is 248 g/mol. The van der Waals surface area contributed by atoms with E-state index < -0.39 is 0 Å². The SMILES string of the molecule is CCOC(=O)c1ccc(NC(=O)CNCCO)cc1. The first-order chi connectivity index (χ1) is 9.17. The summed E-state index contributed by atoms with van der Waals surface area (Å²) in [5.41, 5.74) is 1.04. The second-order valence-corrected chi connectivity index (χ2v) is 3.75. The van der Waals surface area contributed by atoms with Crippen molar-refractivity contribution < 1.29 is 19.4 Å². The molecule has 0 heterocycles. The fourth-order valence-electron chi connectivity index (χ4n) is 1.39. The van der Waals surface area contributed by atoms with Gasteiger partial charge in [-0.05, 0) is 31.2 Å². The second kappa shape index (κ2) is 8.23. The molecule has 0 atom stereocenters. The van der Waals surface area contributed by atoms with Crippen LogP contribution in [-0.2, 0) is 9.53 Å². The predicted octanol–water partition coefficient (Wildman–Crippen LogP) is 0.384. The highest BCUT2D eigenvalue weighted by molar-refractivity contribution is 5.93. The Bertz CT molecular complexity index is 417. The quantitative estimate of drug-likeness (QED) is 0.490. The fourth-order valence-corrected chi connectivity index (χ4v) is 1.39. The third kappa shape index (κ3) is 5.50. The zero-order valence-electron chi connectivity index (χ0n) is 10.8. The Kier molecular flexibility index (Phi) is 6.56. The van der Waals surface area contributed by atoms with Gasteiger partial charge in [0.05, 0.1) is 25.3 Å². The lowest BCUT2D eigenvalue weighted by atomic mass is 10.2. The summed E-state index contributed by atoms with van der Waals surface area (Å²) >= 11 is 0. The number of aliphatic hydroxyl groups is 1. The van der Waals surface area contributed by atoms with Gasteiger partial charge in [0.25, 0.3) is 0 Å². The number of ether oxygens (including phenoxy) is 1. The maximum absolute atomic E-state index is 11.5. The lowest BCUT2D eigenvalue weighted by Gasteiger charge is -2.07. The van der Waals surface area contributed by atoms with Gasteiger partial charge in [-0.25, -0.2) is 4.79 Å². The largest absolute Gasteiger partial charge is 0.462 e. The predicted molar refractivity (Wildman–Crippen MR) is 71.0 cm³/mol. The molecular formula is C13H18N2O4. The summed E-state index contributed by atoms with van der Waals surface area (Å²) in [7, 11) is 0. The van der Waals surface area contributed by atoms with E-state index in [0.717, 1.165) is 0 Å². The van der Waals surface area contributed by atoms with Crippen molar-refractivity contribution in [2.45, 2.75) is 6.92 Å². The van der Waals surface area contributed by atoms with Crippen molar-refractivity contribution in [2.24, 2.45) is 0 Å². The van der Waals surface area contributed by atoms with Crippen LogP contribution in [-0.4, -0.2) is 43.3 Å². The molecule has 0 bridgehead atoms. The zero-order chi connectivity index (χ0) is 14.1. The molecule has 6 heteroatoms. The average Bonchev–Trinajstić information content (AvgIpc) is 2.40. The maximum atomic E-state index is 11.5. The van der Waals surface area contributed by atoms with Crippen LogP contribution in [0.4, 0.5) is 5.69 Å². The Morgan fingerprint density at radius 2 is 1.95 bits per heavy atom. The number of aliphatic hydroxyl groups excluding tert-OH is 1. The number of benzene rings is 1. The van der Waals surface area contributed by atoms with Crippen LogP contribution in [0, 0.1) is 0 Å². The molecule has 1 aromatic rings. The van der Waals surface area contributed by atoms with Crippen molar-refractivity contribution in [2.75, 3.05) is 31.6 Å². The third-order valence-electron chi connectivity index (χ3n) is 2.25. The molecule has 6 nitrogen and oxygen atoms in total. The lowest BCUT2D eigenvalue weighted by Crippen LogP contribution is -2.29. The van der Waals surface area contributed by atoms with Crippen LogP contribution in [0.1, 0.15) is 17.3 Å². The first kappa shape index (κ1) is 15.1. The minimum Gasteiger partial charge on any atom is -0.462 e. The van der Waals surface area contributed by atoms with Crippen LogP contribution in [0.2, 0.25) is 0 Å². The van der Waals surface area contributed by atoms with E-state index in [1.807, 2.05) is 0 Å². The van der Waals surface area contributed by atoms with E-state index in [9.17, 15) is 9.59 Å². The van der Waals surface area contributed by atoms with Crippen LogP contribution in [0.25, 0.3) is 0 Å². The molecule has 19 heavy (non-hydrogen) atoms. The molecule has 1 amide bonds. The number of esters is 1. The molecule has 0 radical (unpaired) electrons. The molecule has 0 aliphatic carbocycles. The Morgan fingerprint density at radius 1 is 1.26 bits per heavy atom. The Hall–Kier alpha value is -1.92. The van der Waals surface area contributed by atoms with E-state index in [2.05, 4.69) is 10.6 Å². The van der Waals surface area contributed by atoms with E-state index in [0.29, 0.717) is 24.4 Å². The number of carbonyl (C=O) groups is 2. The van der Waals surface area contributed by atoms with Gasteiger partial charge < -0.3 is 20.5 Å². The molecule has 104 valence electrons. The molecule has 0 spiro atoms. The maximum Gasteiger partial charge on any atom is 0.338 e. The second-order valence-electron chi connectivity index (χ2n) is 3.75. The highest BCUT2D eigenvalue weighted by Crippen LogP contribution is 2.10. The number of rotatable bonds is 7. The minimum absolute atomic E-state index is 0.0124. The number of hydrogen-bond donors (Lipinski definition) is 3. The number of anilines is 1. The fraction of sp³-hybridized carbons (Fsp3) is 0.385. The van der Waals surface area contributed by atoms with Gasteiger partial charge >= 0.3 is 5.97 Å². The highest BCUT2D eigenvalue weighted by atomic mass is 16.5. The van der Waals surface area contributed by atoms with E-state index in [1.54, 1.807) is 31.2 Å². The summed E-state index contributed by atoms with van der Waals surface area (Å²) in [5, 5.41) is 14.0. The van der Waals surface area contributed by atoms with E-state index in [-0.39, 0.29) is 25.0 Å². The average molecular weight is 266 g/mol. The van der Waals surface area contributed by atoms with Crippen molar-refractivity contribution >= 4 is 17.6 Å². The van der Waals surface area contributed by atoms with Gasteiger partial charge in [-0.2, -0.15) is 0 Å². The summed E-state index contributed by atoms with van der Waals surface area (Å²) < 4.78 is 4.85. The first-order valence-corrected chi connectivity index (χ1v) is 6.06. The molecule has 0 aliphatic heterocycles. The first-order valence-electron chi connectivity index (χ1n) is 6.06. The van der Waals surface area contributed by atoms with E-state index >= 15 is 0 Å². The summed E-state index contributed by atoms with van der Waals surface area (Å²) in [4.78, 5) is 22.9. The van der Waals surface area contributed by atoms with Gasteiger partial charge in [0.2, 0.25) is 5.91 Å². The summed E-state index contributed by atoms with van der Waals surface area (Å²) in [6.45, 7) is 2.55. The normalized spacial score (nSPS) is 10.0. The summed E-state index contributed by atoms with van der Waals surface area (Å²) in [5.74, 6) is -0.595. The Balaban J connectivity index is 2.47. The smallest absolute Gasteiger partial charge is 0.338 e. The van der Waals surface area contributed by atoms with Crippen LogP contribution in [0.5, 0.6) is 0 Å². The van der Waals surface area contributed by atoms with Crippen molar-refractivity contribution in [1.82, 2.24) is 5.32 Å². The highest BCUT2D eigenvalue weighted by Gasteiger charge is 2.06. The Labute approximate surface area is 111 Å². The van der Waals surface area contributed by atoms with Gasteiger partial charge in [0.15, 0.2) is 0 Å². The molecule has 0 saturated carbocycles. The number of amides is 1.